The van der Waals surface area contributed by atoms with Gasteiger partial charge in [-0.25, -0.2) is 0 Å². The Labute approximate surface area is 74.1 Å². The van der Waals surface area contributed by atoms with E-state index in [1.165, 1.54) is 0 Å². The highest BCUT2D eigenvalue weighted by Gasteiger charge is 2.00. The highest BCUT2D eigenvalue weighted by Crippen LogP contribution is 2.16. The molecular formula is C8H7OS2-. The number of rotatable bonds is 2. The summed E-state index contributed by atoms with van der Waals surface area (Å²) in [5.41, 5.74) is 0.848. The summed E-state index contributed by atoms with van der Waals surface area (Å²) in [5, 5.41) is 0. The van der Waals surface area contributed by atoms with Gasteiger partial charge in [-0.2, -0.15) is 10.2 Å². The van der Waals surface area contributed by atoms with E-state index in [2.05, 4.69) is 18.2 Å². The van der Waals surface area contributed by atoms with Crippen LogP contribution in [0.2, 0.25) is 0 Å². The fraction of sp³-hybridized carbons (Fsp3) is 0. The maximum Gasteiger partial charge on any atom is 0.138 e. The first kappa shape index (κ1) is 8.71. The van der Waals surface area contributed by atoms with Gasteiger partial charge >= 0.3 is 0 Å². The molecule has 58 valence electrons. The minimum Gasteiger partial charge on any atom is -0.630 e. The molecule has 0 bridgehead atoms. The average molecular weight is 183 g/mol. The van der Waals surface area contributed by atoms with E-state index < -0.39 is 10.2 Å². The Bertz CT molecular complexity index is 258. The summed E-state index contributed by atoms with van der Waals surface area (Å²) in [4.78, 5) is 0.664. The van der Waals surface area contributed by atoms with Crippen LogP contribution in [0, 0.1) is 0 Å². The molecule has 0 amide bonds. The van der Waals surface area contributed by atoms with Gasteiger partial charge in [-0.15, -0.1) is 0 Å². The molecule has 0 aromatic heterocycles. The molecule has 1 unspecified atom stereocenters. The van der Waals surface area contributed by atoms with Crippen molar-refractivity contribution in [2.75, 3.05) is 0 Å². The lowest BCUT2D eigenvalue weighted by Gasteiger charge is -2.15. The monoisotopic (exact) mass is 183 g/mol. The third-order valence-electron chi connectivity index (χ3n) is 1.32. The van der Waals surface area contributed by atoms with Crippen molar-refractivity contribution < 1.29 is 4.55 Å². The molecule has 0 spiro atoms. The molecule has 1 nitrogen and oxygen atoms in total. The van der Waals surface area contributed by atoms with Crippen molar-refractivity contribution in [3.63, 3.8) is 0 Å². The first-order chi connectivity index (χ1) is 5.25. The Balaban J connectivity index is 3.12. The number of hydrogen-bond donors (Lipinski definition) is 0. The van der Waals surface area contributed by atoms with Gasteiger partial charge in [-0.05, 0) is 6.07 Å². The van der Waals surface area contributed by atoms with Crippen LogP contribution < -0.4 is 0 Å². The van der Waals surface area contributed by atoms with Crippen molar-refractivity contribution in [2.24, 2.45) is 0 Å². The van der Waals surface area contributed by atoms with Crippen molar-refractivity contribution in [2.45, 2.75) is 4.90 Å². The van der Waals surface area contributed by atoms with Crippen LogP contribution in [0.25, 0.3) is 6.08 Å². The van der Waals surface area contributed by atoms with Gasteiger partial charge in [-0.1, -0.05) is 30.9 Å². The SMILES string of the molecule is C=Cc1ccccc1[S+]([O-])[S-]. The molecule has 0 N–H and O–H groups in total. The molecule has 11 heavy (non-hydrogen) atoms. The van der Waals surface area contributed by atoms with E-state index >= 15 is 0 Å². The molecule has 1 atom stereocenters. The molecule has 0 saturated carbocycles. The Morgan fingerprint density at radius 3 is 2.55 bits per heavy atom. The second kappa shape index (κ2) is 3.85. The normalized spacial score (nSPS) is 12.5. The number of benzene rings is 1. The minimum atomic E-state index is -1.33. The van der Waals surface area contributed by atoms with Gasteiger partial charge in [0.25, 0.3) is 0 Å². The van der Waals surface area contributed by atoms with Gasteiger partial charge in [0.15, 0.2) is 0 Å². The third-order valence-corrected chi connectivity index (χ3v) is 2.59. The van der Waals surface area contributed by atoms with Crippen LogP contribution in [0.5, 0.6) is 0 Å². The van der Waals surface area contributed by atoms with Crippen molar-refractivity contribution in [1.82, 2.24) is 0 Å². The largest absolute Gasteiger partial charge is 0.630 e. The lowest BCUT2D eigenvalue weighted by molar-refractivity contribution is 0.609. The van der Waals surface area contributed by atoms with Crippen molar-refractivity contribution >= 4 is 27.9 Å². The van der Waals surface area contributed by atoms with Gasteiger partial charge < -0.3 is 16.2 Å². The summed E-state index contributed by atoms with van der Waals surface area (Å²) in [5.74, 6) is 0. The van der Waals surface area contributed by atoms with Crippen molar-refractivity contribution in [1.29, 1.82) is 0 Å². The smallest absolute Gasteiger partial charge is 0.138 e. The van der Waals surface area contributed by atoms with Crippen LogP contribution in [0.3, 0.4) is 0 Å². The minimum absolute atomic E-state index is 0.664. The maximum absolute atomic E-state index is 10.9. The zero-order valence-corrected chi connectivity index (χ0v) is 7.45. The molecule has 1 rings (SSSR count). The van der Waals surface area contributed by atoms with E-state index in [0.717, 1.165) is 5.56 Å². The standard InChI is InChI=1S/C8H8OS2/c1-2-7-5-3-4-6-8(7)11(9)10/h2-6H,1H2,(H,9,10)/p-1. The van der Waals surface area contributed by atoms with E-state index in [9.17, 15) is 4.55 Å². The lowest BCUT2D eigenvalue weighted by Crippen LogP contribution is -1.97. The number of hydrogen-bond acceptors (Lipinski definition) is 2. The molecular weight excluding hydrogens is 176 g/mol. The molecule has 0 aliphatic rings. The average Bonchev–Trinajstić information content (AvgIpc) is 2.04. The second-order valence-electron chi connectivity index (χ2n) is 1.98. The molecule has 1 aromatic carbocycles. The molecule has 0 heterocycles. The van der Waals surface area contributed by atoms with E-state index in [0.29, 0.717) is 4.90 Å². The van der Waals surface area contributed by atoms with Crippen LogP contribution in [-0.2, 0) is 21.9 Å². The molecule has 0 aliphatic heterocycles. The summed E-state index contributed by atoms with van der Waals surface area (Å²) < 4.78 is 10.9. The quantitative estimate of drug-likeness (QED) is 0.397. The molecule has 0 radical (unpaired) electrons. The predicted molar refractivity (Wildman–Crippen MR) is 50.3 cm³/mol. The summed E-state index contributed by atoms with van der Waals surface area (Å²) in [7, 11) is -1.33. The van der Waals surface area contributed by atoms with E-state index in [4.69, 9.17) is 0 Å². The summed E-state index contributed by atoms with van der Waals surface area (Å²) >= 11 is 4.62. The van der Waals surface area contributed by atoms with Crippen LogP contribution in [0.1, 0.15) is 5.56 Å². The third kappa shape index (κ3) is 2.02. The summed E-state index contributed by atoms with van der Waals surface area (Å²) in [6, 6.07) is 7.27. The first-order valence-corrected chi connectivity index (χ1v) is 5.14. The highest BCUT2D eigenvalue weighted by atomic mass is 33.1. The Morgan fingerprint density at radius 2 is 2.09 bits per heavy atom. The topological polar surface area (TPSA) is 23.1 Å². The Kier molecular flexibility index (Phi) is 3.05. The molecule has 1 aromatic rings. The predicted octanol–water partition coefficient (Wildman–Crippen LogP) is 1.90. The van der Waals surface area contributed by atoms with Gasteiger partial charge in [-0.3, -0.25) is 0 Å². The molecule has 0 aliphatic carbocycles. The zero-order valence-electron chi connectivity index (χ0n) is 5.82. The van der Waals surface area contributed by atoms with Gasteiger partial charge in [0.05, 0.1) is 0 Å². The Hall–Kier alpha value is -0.380. The van der Waals surface area contributed by atoms with Gasteiger partial charge in [0.1, 0.15) is 4.90 Å². The highest BCUT2D eigenvalue weighted by molar-refractivity contribution is 8.53. The van der Waals surface area contributed by atoms with E-state index in [1.807, 2.05) is 18.2 Å². The summed E-state index contributed by atoms with van der Waals surface area (Å²) in [6.07, 6.45) is 1.65. The Morgan fingerprint density at radius 1 is 1.45 bits per heavy atom. The van der Waals surface area contributed by atoms with Gasteiger partial charge in [0, 0.05) is 5.56 Å². The summed E-state index contributed by atoms with van der Waals surface area (Å²) in [6.45, 7) is 3.59. The van der Waals surface area contributed by atoms with Crippen LogP contribution >= 0.6 is 0 Å². The molecule has 3 heteroatoms. The van der Waals surface area contributed by atoms with Crippen molar-refractivity contribution in [3.8, 4) is 0 Å². The zero-order chi connectivity index (χ0) is 8.27. The lowest BCUT2D eigenvalue weighted by atomic mass is 10.2. The molecule has 0 fully saturated rings. The fourth-order valence-electron chi connectivity index (χ4n) is 0.801. The van der Waals surface area contributed by atoms with Gasteiger partial charge in [0.2, 0.25) is 0 Å². The molecule has 0 saturated heterocycles. The maximum atomic E-state index is 10.9. The first-order valence-electron chi connectivity index (χ1n) is 3.06. The van der Waals surface area contributed by atoms with E-state index in [-0.39, 0.29) is 0 Å². The van der Waals surface area contributed by atoms with Crippen molar-refractivity contribution in [3.05, 3.63) is 36.4 Å². The second-order valence-corrected chi connectivity index (χ2v) is 3.79. The van der Waals surface area contributed by atoms with Crippen LogP contribution in [0.15, 0.2) is 35.7 Å². The van der Waals surface area contributed by atoms with E-state index in [1.54, 1.807) is 12.1 Å². The fourth-order valence-corrected chi connectivity index (χ4v) is 1.79. The van der Waals surface area contributed by atoms with Crippen LogP contribution in [0.4, 0.5) is 0 Å². The van der Waals surface area contributed by atoms with Crippen LogP contribution in [-0.4, -0.2) is 4.55 Å².